The summed E-state index contributed by atoms with van der Waals surface area (Å²) in [6, 6.07) is 3.85. The Morgan fingerprint density at radius 2 is 2.05 bits per heavy atom. The summed E-state index contributed by atoms with van der Waals surface area (Å²) in [5, 5.41) is 4.18. The number of aryl methyl sites for hydroxylation is 2. The van der Waals surface area contributed by atoms with E-state index in [0.29, 0.717) is 23.7 Å². The highest BCUT2D eigenvalue weighted by molar-refractivity contribution is 7.89. The molecule has 0 saturated carbocycles. The third kappa shape index (κ3) is 2.28. The minimum absolute atomic E-state index is 0.145. The molecule has 0 fully saturated rings. The highest BCUT2D eigenvalue weighted by Crippen LogP contribution is 2.36. The molecule has 6 nitrogen and oxygen atoms in total. The van der Waals surface area contributed by atoms with Crippen molar-refractivity contribution in [2.75, 3.05) is 6.54 Å². The maximum absolute atomic E-state index is 13.1. The number of hydrogen-bond acceptors (Lipinski definition) is 3. The molecule has 7 heteroatoms. The second-order valence-electron chi connectivity index (χ2n) is 6.18. The second kappa shape index (κ2) is 5.24. The van der Waals surface area contributed by atoms with Crippen molar-refractivity contribution in [3.8, 4) is 0 Å². The summed E-state index contributed by atoms with van der Waals surface area (Å²) >= 11 is 0. The van der Waals surface area contributed by atoms with E-state index in [-0.39, 0.29) is 12.0 Å². The van der Waals surface area contributed by atoms with Crippen LogP contribution in [0.2, 0.25) is 0 Å². The van der Waals surface area contributed by atoms with Gasteiger partial charge in [0, 0.05) is 38.2 Å². The smallest absolute Gasteiger partial charge is 0.247 e. The molecule has 0 spiro atoms. The molecule has 2 aromatic heterocycles. The van der Waals surface area contributed by atoms with E-state index in [1.807, 2.05) is 18.3 Å². The summed E-state index contributed by atoms with van der Waals surface area (Å²) in [7, 11) is -1.81. The average molecular weight is 322 g/mol. The van der Waals surface area contributed by atoms with E-state index in [1.165, 1.54) is 0 Å². The number of fused-ring (bicyclic) bond motifs is 1. The summed E-state index contributed by atoms with van der Waals surface area (Å²) < 4.78 is 31.6. The summed E-state index contributed by atoms with van der Waals surface area (Å²) in [5.41, 5.74) is 1.61. The fraction of sp³-hybridized carbons (Fsp3) is 0.533. The molecule has 0 bridgehead atoms. The molecule has 1 atom stereocenters. The van der Waals surface area contributed by atoms with Gasteiger partial charge in [0.2, 0.25) is 10.0 Å². The number of nitrogens with zero attached hydrogens (tertiary/aromatic N) is 4. The second-order valence-corrected chi connectivity index (χ2v) is 8.04. The zero-order valence-electron chi connectivity index (χ0n) is 13.4. The van der Waals surface area contributed by atoms with Gasteiger partial charge in [-0.2, -0.15) is 9.40 Å². The fourth-order valence-corrected chi connectivity index (χ4v) is 5.22. The molecule has 120 valence electrons. The first-order valence-electron chi connectivity index (χ1n) is 7.49. The zero-order chi connectivity index (χ0) is 16.1. The van der Waals surface area contributed by atoms with Crippen molar-refractivity contribution >= 4 is 10.0 Å². The van der Waals surface area contributed by atoms with Gasteiger partial charge < -0.3 is 4.57 Å². The average Bonchev–Trinajstić information content (AvgIpc) is 3.03. The van der Waals surface area contributed by atoms with Crippen LogP contribution in [-0.2, 0) is 23.6 Å². The highest BCUT2D eigenvalue weighted by Gasteiger charge is 2.39. The van der Waals surface area contributed by atoms with Gasteiger partial charge in [-0.1, -0.05) is 13.8 Å². The standard InChI is InChI=1S/C15H22N4O2S/c1-11(2)15-13-6-5-7-18(13)8-9-19(15)22(20,21)14-10-17(4)16-12(14)3/h5-7,10-11,15H,8-9H2,1-4H3/t15-/m0/s1. The molecule has 1 aliphatic heterocycles. The molecule has 3 rings (SSSR count). The lowest BCUT2D eigenvalue weighted by Gasteiger charge is -2.38. The maximum Gasteiger partial charge on any atom is 0.247 e. The van der Waals surface area contributed by atoms with Crippen LogP contribution in [0, 0.1) is 12.8 Å². The summed E-state index contributed by atoms with van der Waals surface area (Å²) in [6.45, 7) is 7.03. The van der Waals surface area contributed by atoms with Crippen LogP contribution in [0.5, 0.6) is 0 Å². The van der Waals surface area contributed by atoms with Crippen molar-refractivity contribution in [1.82, 2.24) is 18.7 Å². The summed E-state index contributed by atoms with van der Waals surface area (Å²) in [5.74, 6) is 0.195. The van der Waals surface area contributed by atoms with Crippen molar-refractivity contribution in [3.63, 3.8) is 0 Å². The van der Waals surface area contributed by atoms with Crippen molar-refractivity contribution in [1.29, 1.82) is 0 Å². The molecule has 3 heterocycles. The van der Waals surface area contributed by atoms with Gasteiger partial charge in [0.05, 0.1) is 11.7 Å². The van der Waals surface area contributed by atoms with E-state index in [9.17, 15) is 8.42 Å². The first kappa shape index (κ1) is 15.3. The number of sulfonamides is 1. The third-order valence-corrected chi connectivity index (χ3v) is 6.21. The van der Waals surface area contributed by atoms with Gasteiger partial charge in [-0.3, -0.25) is 4.68 Å². The van der Waals surface area contributed by atoms with E-state index in [4.69, 9.17) is 0 Å². The predicted octanol–water partition coefficient (Wildman–Crippen LogP) is 1.93. The van der Waals surface area contributed by atoms with Crippen molar-refractivity contribution in [3.05, 3.63) is 35.9 Å². The molecule has 0 amide bonds. The number of aromatic nitrogens is 3. The van der Waals surface area contributed by atoms with Gasteiger partial charge in [0.15, 0.2) is 0 Å². The fourth-order valence-electron chi connectivity index (χ4n) is 3.29. The van der Waals surface area contributed by atoms with Gasteiger partial charge in [-0.05, 0) is 25.0 Å². The molecule has 0 aromatic carbocycles. The van der Waals surface area contributed by atoms with E-state index in [0.717, 1.165) is 5.69 Å². The maximum atomic E-state index is 13.1. The molecule has 22 heavy (non-hydrogen) atoms. The number of rotatable bonds is 3. The summed E-state index contributed by atoms with van der Waals surface area (Å²) in [6.07, 6.45) is 3.61. The Balaban J connectivity index is 2.09. The predicted molar refractivity (Wildman–Crippen MR) is 83.8 cm³/mol. The van der Waals surface area contributed by atoms with Crippen LogP contribution in [0.4, 0.5) is 0 Å². The van der Waals surface area contributed by atoms with Crippen LogP contribution in [0.25, 0.3) is 0 Å². The first-order chi connectivity index (χ1) is 10.3. The normalized spacial score (nSPS) is 19.6. The van der Waals surface area contributed by atoms with Gasteiger partial charge in [-0.15, -0.1) is 0 Å². The molecule has 0 radical (unpaired) electrons. The monoisotopic (exact) mass is 322 g/mol. The van der Waals surface area contributed by atoms with Crippen molar-refractivity contribution in [2.24, 2.45) is 13.0 Å². The van der Waals surface area contributed by atoms with E-state index >= 15 is 0 Å². The minimum Gasteiger partial charge on any atom is -0.349 e. The van der Waals surface area contributed by atoms with Crippen LogP contribution in [0.3, 0.4) is 0 Å². The van der Waals surface area contributed by atoms with Crippen molar-refractivity contribution < 1.29 is 8.42 Å². The van der Waals surface area contributed by atoms with E-state index in [2.05, 4.69) is 23.5 Å². The van der Waals surface area contributed by atoms with Crippen LogP contribution in [-0.4, -0.2) is 33.6 Å². The number of hydrogen-bond donors (Lipinski definition) is 0. The van der Waals surface area contributed by atoms with Crippen LogP contribution in [0.15, 0.2) is 29.4 Å². The van der Waals surface area contributed by atoms with Crippen molar-refractivity contribution in [2.45, 2.75) is 38.3 Å². The first-order valence-corrected chi connectivity index (χ1v) is 8.93. The third-order valence-electron chi connectivity index (χ3n) is 4.23. The lowest BCUT2D eigenvalue weighted by atomic mass is 9.99. The lowest BCUT2D eigenvalue weighted by molar-refractivity contribution is 0.215. The van der Waals surface area contributed by atoms with Crippen LogP contribution >= 0.6 is 0 Å². The molecular weight excluding hydrogens is 300 g/mol. The van der Waals surface area contributed by atoms with Gasteiger partial charge >= 0.3 is 0 Å². The Kier molecular flexibility index (Phi) is 3.65. The Morgan fingerprint density at radius 1 is 1.32 bits per heavy atom. The largest absolute Gasteiger partial charge is 0.349 e. The zero-order valence-corrected chi connectivity index (χ0v) is 14.2. The molecule has 2 aromatic rings. The minimum atomic E-state index is -3.55. The molecule has 0 saturated heterocycles. The Bertz CT molecular complexity index is 788. The highest BCUT2D eigenvalue weighted by atomic mass is 32.2. The Labute approximate surface area is 131 Å². The lowest BCUT2D eigenvalue weighted by Crippen LogP contribution is -2.43. The van der Waals surface area contributed by atoms with Gasteiger partial charge in [-0.25, -0.2) is 8.42 Å². The topological polar surface area (TPSA) is 60.1 Å². The van der Waals surface area contributed by atoms with Crippen LogP contribution < -0.4 is 0 Å². The molecular formula is C15H22N4O2S. The molecule has 0 aliphatic carbocycles. The molecule has 0 unspecified atom stereocenters. The SMILES string of the molecule is Cc1nn(C)cc1S(=O)(=O)N1CCn2cccc2[C@@H]1C(C)C. The Hall–Kier alpha value is -1.60. The quantitative estimate of drug-likeness (QED) is 0.867. The van der Waals surface area contributed by atoms with Gasteiger partial charge in [0.25, 0.3) is 0 Å². The molecule has 0 N–H and O–H groups in total. The Morgan fingerprint density at radius 3 is 2.64 bits per heavy atom. The summed E-state index contributed by atoms with van der Waals surface area (Å²) in [4.78, 5) is 0.306. The van der Waals surface area contributed by atoms with Crippen LogP contribution in [0.1, 0.15) is 31.3 Å². The van der Waals surface area contributed by atoms with Gasteiger partial charge in [0.1, 0.15) is 4.90 Å². The van der Waals surface area contributed by atoms with E-state index < -0.39 is 10.0 Å². The molecule has 1 aliphatic rings. The van der Waals surface area contributed by atoms with E-state index in [1.54, 1.807) is 29.2 Å².